The van der Waals surface area contributed by atoms with E-state index in [0.717, 1.165) is 11.3 Å². The molecular formula is C16H19N5O3. The highest BCUT2D eigenvalue weighted by molar-refractivity contribution is 5.55. The average Bonchev–Trinajstić information content (AvgIpc) is 2.93. The van der Waals surface area contributed by atoms with Crippen LogP contribution in [-0.4, -0.2) is 29.3 Å². The maximum Gasteiger partial charge on any atom is 0.327 e. The van der Waals surface area contributed by atoms with Gasteiger partial charge >= 0.3 is 5.69 Å². The van der Waals surface area contributed by atoms with Crippen LogP contribution in [0.2, 0.25) is 0 Å². The number of methoxy groups -OCH3 is 1. The van der Waals surface area contributed by atoms with Crippen molar-refractivity contribution in [2.75, 3.05) is 12.4 Å². The number of ether oxygens (including phenoxy) is 1. The van der Waals surface area contributed by atoms with E-state index in [1.54, 1.807) is 7.11 Å². The van der Waals surface area contributed by atoms with Crippen LogP contribution < -0.4 is 32.2 Å². The van der Waals surface area contributed by atoms with E-state index in [9.17, 15) is 9.59 Å². The van der Waals surface area contributed by atoms with Crippen molar-refractivity contribution in [3.63, 3.8) is 0 Å². The third kappa shape index (κ3) is 2.15. The molecule has 8 nitrogen and oxygen atoms in total. The number of para-hydroxylation sites is 1. The van der Waals surface area contributed by atoms with E-state index in [1.807, 2.05) is 24.3 Å². The van der Waals surface area contributed by atoms with Crippen molar-refractivity contribution in [3.05, 3.63) is 56.2 Å². The molecule has 2 aliphatic rings. The molecule has 0 saturated carbocycles. The highest BCUT2D eigenvalue weighted by Crippen LogP contribution is 2.44. The molecule has 3 heterocycles. The summed E-state index contributed by atoms with van der Waals surface area (Å²) in [5, 5.41) is 3.22. The molecule has 126 valence electrons. The van der Waals surface area contributed by atoms with Crippen LogP contribution in [0.3, 0.4) is 0 Å². The van der Waals surface area contributed by atoms with E-state index in [0.29, 0.717) is 11.4 Å². The molecule has 2 aromatic rings. The summed E-state index contributed by atoms with van der Waals surface area (Å²) in [6.45, 7) is 2.06. The van der Waals surface area contributed by atoms with E-state index < -0.39 is 5.69 Å². The Balaban J connectivity index is 1.99. The van der Waals surface area contributed by atoms with Crippen LogP contribution in [0.1, 0.15) is 24.0 Å². The molecule has 1 aromatic carbocycles. The van der Waals surface area contributed by atoms with Crippen molar-refractivity contribution < 1.29 is 4.74 Å². The number of rotatable bonds is 2. The van der Waals surface area contributed by atoms with E-state index in [-0.39, 0.29) is 29.6 Å². The summed E-state index contributed by atoms with van der Waals surface area (Å²) in [5.41, 5.74) is 6.94. The minimum absolute atomic E-state index is 0.0702. The van der Waals surface area contributed by atoms with Crippen molar-refractivity contribution in [3.8, 4) is 5.75 Å². The zero-order valence-electron chi connectivity index (χ0n) is 13.3. The van der Waals surface area contributed by atoms with Crippen molar-refractivity contribution in [2.45, 2.75) is 25.0 Å². The van der Waals surface area contributed by atoms with Gasteiger partial charge in [0.15, 0.2) is 0 Å². The first-order chi connectivity index (χ1) is 11.6. The third-order valence-corrected chi connectivity index (χ3v) is 4.88. The minimum atomic E-state index is -0.525. The first-order valence-corrected chi connectivity index (χ1v) is 7.87. The van der Waals surface area contributed by atoms with Crippen LogP contribution in [0.4, 0.5) is 5.82 Å². The van der Waals surface area contributed by atoms with Gasteiger partial charge in [0.05, 0.1) is 18.8 Å². The zero-order chi connectivity index (χ0) is 16.8. The first kappa shape index (κ1) is 15.0. The van der Waals surface area contributed by atoms with E-state index in [1.165, 1.54) is 0 Å². The summed E-state index contributed by atoms with van der Waals surface area (Å²) >= 11 is 0. The van der Waals surface area contributed by atoms with E-state index >= 15 is 0 Å². The van der Waals surface area contributed by atoms with Crippen molar-refractivity contribution in [2.24, 2.45) is 5.92 Å². The topological polar surface area (TPSA) is 111 Å². The lowest BCUT2D eigenvalue weighted by Gasteiger charge is -2.37. The van der Waals surface area contributed by atoms with Gasteiger partial charge in [0.1, 0.15) is 11.6 Å². The summed E-state index contributed by atoms with van der Waals surface area (Å²) in [6, 6.07) is 7.79. The average molecular weight is 329 g/mol. The number of H-pyrrole nitrogens is 2. The number of anilines is 1. The molecular weight excluding hydrogens is 310 g/mol. The first-order valence-electron chi connectivity index (χ1n) is 7.87. The van der Waals surface area contributed by atoms with Gasteiger partial charge in [-0.3, -0.25) is 20.2 Å². The number of hydrogen-bond acceptors (Lipinski definition) is 6. The Morgan fingerprint density at radius 3 is 2.67 bits per heavy atom. The molecule has 4 unspecified atom stereocenters. The molecule has 1 aromatic heterocycles. The lowest BCUT2D eigenvalue weighted by atomic mass is 9.74. The summed E-state index contributed by atoms with van der Waals surface area (Å²) in [4.78, 5) is 29.3. The van der Waals surface area contributed by atoms with Crippen LogP contribution in [-0.2, 0) is 0 Å². The predicted octanol–water partition coefficient (Wildman–Crippen LogP) is 0.0678. The zero-order valence-corrected chi connectivity index (χ0v) is 13.3. The second-order valence-electron chi connectivity index (χ2n) is 6.19. The van der Waals surface area contributed by atoms with Gasteiger partial charge in [0.2, 0.25) is 0 Å². The number of hydrogen-bond donors (Lipinski definition) is 5. The Morgan fingerprint density at radius 1 is 1.08 bits per heavy atom. The summed E-state index contributed by atoms with van der Waals surface area (Å²) < 4.78 is 5.52. The standard InChI is InChI=1S/C16H19N5O3/c1-7-10-11(8-5-3-4-6-9(8)24-2)12-13(17-14(10)21-20-7)18-16(23)19-15(12)22/h3-7,10-11,14,20-21H,1-2H3,(H3,17,18,19,22,23). The SMILES string of the molecule is COc1ccccc1C1c2c([nH]c(=O)[nH]c2=O)NC2NNC(C)C21. The molecule has 0 spiro atoms. The molecule has 2 aliphatic heterocycles. The fraction of sp³-hybridized carbons (Fsp3) is 0.375. The van der Waals surface area contributed by atoms with Crippen LogP contribution >= 0.6 is 0 Å². The molecule has 8 heteroatoms. The maximum absolute atomic E-state index is 12.6. The molecule has 0 radical (unpaired) electrons. The van der Waals surface area contributed by atoms with Gasteiger partial charge in [-0.1, -0.05) is 18.2 Å². The molecule has 24 heavy (non-hydrogen) atoms. The van der Waals surface area contributed by atoms with E-state index in [4.69, 9.17) is 4.74 Å². The molecule has 1 saturated heterocycles. The van der Waals surface area contributed by atoms with Crippen LogP contribution in [0, 0.1) is 5.92 Å². The molecule has 4 rings (SSSR count). The van der Waals surface area contributed by atoms with Crippen LogP contribution in [0.15, 0.2) is 33.9 Å². The van der Waals surface area contributed by atoms with Gasteiger partial charge in [-0.2, -0.15) is 0 Å². The molecule has 0 bridgehead atoms. The summed E-state index contributed by atoms with van der Waals surface area (Å²) in [5.74, 6) is 1.02. The quantitative estimate of drug-likeness (QED) is 0.533. The lowest BCUT2D eigenvalue weighted by Crippen LogP contribution is -2.47. The Kier molecular flexibility index (Phi) is 3.43. The monoisotopic (exact) mass is 329 g/mol. The number of nitrogens with one attached hydrogen (secondary N) is 5. The summed E-state index contributed by atoms with van der Waals surface area (Å²) in [7, 11) is 1.62. The smallest absolute Gasteiger partial charge is 0.327 e. The minimum Gasteiger partial charge on any atom is -0.496 e. The Morgan fingerprint density at radius 2 is 1.88 bits per heavy atom. The number of benzene rings is 1. The fourth-order valence-electron chi connectivity index (χ4n) is 3.86. The van der Waals surface area contributed by atoms with Gasteiger partial charge in [-0.15, -0.1) is 0 Å². The highest BCUT2D eigenvalue weighted by atomic mass is 16.5. The van der Waals surface area contributed by atoms with Gasteiger partial charge in [0, 0.05) is 23.4 Å². The second kappa shape index (κ2) is 5.50. The van der Waals surface area contributed by atoms with Gasteiger partial charge in [0.25, 0.3) is 5.56 Å². The van der Waals surface area contributed by atoms with E-state index in [2.05, 4.69) is 33.1 Å². The summed E-state index contributed by atoms with van der Waals surface area (Å²) in [6.07, 6.45) is -0.111. The van der Waals surface area contributed by atoms with Crippen molar-refractivity contribution in [1.82, 2.24) is 20.8 Å². The molecule has 0 amide bonds. The largest absolute Gasteiger partial charge is 0.496 e. The number of aromatic nitrogens is 2. The number of aromatic amines is 2. The normalized spacial score (nSPS) is 27.9. The van der Waals surface area contributed by atoms with Crippen molar-refractivity contribution in [1.29, 1.82) is 0 Å². The second-order valence-corrected chi connectivity index (χ2v) is 6.19. The van der Waals surface area contributed by atoms with Gasteiger partial charge in [-0.25, -0.2) is 10.2 Å². The fourth-order valence-corrected chi connectivity index (χ4v) is 3.86. The van der Waals surface area contributed by atoms with Crippen LogP contribution in [0.5, 0.6) is 5.75 Å². The Bertz CT molecular complexity index is 890. The van der Waals surface area contributed by atoms with Crippen molar-refractivity contribution >= 4 is 5.82 Å². The molecule has 4 atom stereocenters. The molecule has 1 fully saturated rings. The third-order valence-electron chi connectivity index (χ3n) is 4.88. The highest BCUT2D eigenvalue weighted by Gasteiger charge is 2.46. The number of fused-ring (bicyclic) bond motifs is 2. The Hall–Kier alpha value is -2.58. The Labute approximate surface area is 137 Å². The molecule has 0 aliphatic carbocycles. The van der Waals surface area contributed by atoms with Gasteiger partial charge in [-0.05, 0) is 13.0 Å². The maximum atomic E-state index is 12.6. The lowest BCUT2D eigenvalue weighted by molar-refractivity contribution is 0.364. The predicted molar refractivity (Wildman–Crippen MR) is 89.2 cm³/mol. The molecule has 5 N–H and O–H groups in total. The number of hydrazine groups is 1. The van der Waals surface area contributed by atoms with Crippen LogP contribution in [0.25, 0.3) is 0 Å². The van der Waals surface area contributed by atoms with Gasteiger partial charge < -0.3 is 10.1 Å².